The second kappa shape index (κ2) is 8.50. The number of nitrogens with one attached hydrogen (secondary N) is 1. The number of aromatic hydroxyl groups is 1. The number of para-hydroxylation sites is 1. The van der Waals surface area contributed by atoms with Crippen LogP contribution in [0.25, 0.3) is 10.8 Å². The van der Waals surface area contributed by atoms with Gasteiger partial charge in [0, 0.05) is 24.6 Å². The molecule has 1 aliphatic heterocycles. The van der Waals surface area contributed by atoms with E-state index in [4.69, 9.17) is 0 Å². The fourth-order valence-electron chi connectivity index (χ4n) is 6.52. The predicted octanol–water partition coefficient (Wildman–Crippen LogP) is 6.78. The second-order valence-electron chi connectivity index (χ2n) is 10.2. The Morgan fingerprint density at radius 3 is 2.68 bits per heavy atom. The number of hydrogen-bond acceptors (Lipinski definition) is 3. The molecule has 0 bridgehead atoms. The molecule has 1 amide bonds. The summed E-state index contributed by atoms with van der Waals surface area (Å²) >= 11 is 0. The number of anilines is 1. The van der Waals surface area contributed by atoms with E-state index < -0.39 is 0 Å². The standard InChI is InChI=1S/C30H32N2O2/c1-32(20-10-3-2-4-11-20)30(34)25-16-8-14-23-22-13-7-15-24(22)29(31-28(23)25)27-21-12-6-5-9-19(21)17-18-26(27)33/h5-9,12-14,16-18,20,22,24,29,31,33H,2-4,10-11,15H2,1H3. The van der Waals surface area contributed by atoms with Crippen LogP contribution in [0.5, 0.6) is 5.75 Å². The van der Waals surface area contributed by atoms with E-state index in [9.17, 15) is 9.90 Å². The number of hydrogen-bond donors (Lipinski definition) is 2. The zero-order valence-electron chi connectivity index (χ0n) is 19.7. The Kier molecular flexibility index (Phi) is 5.32. The van der Waals surface area contributed by atoms with Crippen molar-refractivity contribution in [1.29, 1.82) is 0 Å². The van der Waals surface area contributed by atoms with Crippen molar-refractivity contribution in [1.82, 2.24) is 4.90 Å². The summed E-state index contributed by atoms with van der Waals surface area (Å²) in [4.78, 5) is 15.7. The first-order valence-corrected chi connectivity index (χ1v) is 12.7. The van der Waals surface area contributed by atoms with Gasteiger partial charge >= 0.3 is 0 Å². The summed E-state index contributed by atoms with van der Waals surface area (Å²) in [6.07, 6.45) is 11.3. The van der Waals surface area contributed by atoms with E-state index in [1.807, 2.05) is 42.3 Å². The Balaban J connectivity index is 1.44. The molecule has 1 fully saturated rings. The molecule has 2 N–H and O–H groups in total. The number of carbonyl (C=O) groups excluding carboxylic acids is 1. The van der Waals surface area contributed by atoms with Gasteiger partial charge in [-0.05, 0) is 53.6 Å². The molecule has 1 saturated carbocycles. The van der Waals surface area contributed by atoms with Crippen molar-refractivity contribution in [3.63, 3.8) is 0 Å². The summed E-state index contributed by atoms with van der Waals surface area (Å²) in [7, 11) is 1.97. The first kappa shape index (κ1) is 21.3. The number of amides is 1. The highest BCUT2D eigenvalue weighted by Crippen LogP contribution is 2.53. The number of allylic oxidation sites excluding steroid dienone is 2. The molecule has 0 saturated heterocycles. The maximum absolute atomic E-state index is 13.7. The van der Waals surface area contributed by atoms with Gasteiger partial charge in [-0.3, -0.25) is 4.79 Å². The molecule has 2 aliphatic carbocycles. The van der Waals surface area contributed by atoms with Crippen LogP contribution in [0, 0.1) is 5.92 Å². The van der Waals surface area contributed by atoms with Gasteiger partial charge in [0.15, 0.2) is 0 Å². The molecule has 3 aromatic carbocycles. The van der Waals surface area contributed by atoms with Gasteiger partial charge < -0.3 is 15.3 Å². The minimum Gasteiger partial charge on any atom is -0.508 e. The number of benzene rings is 3. The quantitative estimate of drug-likeness (QED) is 0.431. The first-order chi connectivity index (χ1) is 16.6. The van der Waals surface area contributed by atoms with Crippen LogP contribution >= 0.6 is 0 Å². The molecule has 3 unspecified atom stereocenters. The number of phenols is 1. The lowest BCUT2D eigenvalue weighted by molar-refractivity contribution is 0.0697. The van der Waals surface area contributed by atoms with Crippen molar-refractivity contribution < 1.29 is 9.90 Å². The van der Waals surface area contributed by atoms with Crippen LogP contribution in [-0.2, 0) is 0 Å². The lowest BCUT2D eigenvalue weighted by atomic mass is 9.75. The molecule has 174 valence electrons. The normalized spacial score (nSPS) is 23.9. The smallest absolute Gasteiger partial charge is 0.255 e. The van der Waals surface area contributed by atoms with E-state index in [0.717, 1.165) is 46.8 Å². The molecular formula is C30H32N2O2. The molecule has 6 rings (SSSR count). The molecule has 3 aromatic rings. The summed E-state index contributed by atoms with van der Waals surface area (Å²) in [5.74, 6) is 0.934. The minimum absolute atomic E-state index is 0.0764. The molecule has 3 aliphatic rings. The highest BCUT2D eigenvalue weighted by atomic mass is 16.3. The number of rotatable bonds is 3. The molecule has 4 heteroatoms. The molecule has 0 aromatic heterocycles. The van der Waals surface area contributed by atoms with Gasteiger partial charge in [0.05, 0.1) is 17.3 Å². The minimum atomic E-state index is -0.0764. The number of phenolic OH excluding ortho intramolecular Hbond substituents is 1. The number of fused-ring (bicyclic) bond motifs is 4. The van der Waals surface area contributed by atoms with Crippen LogP contribution in [-0.4, -0.2) is 29.0 Å². The molecule has 4 nitrogen and oxygen atoms in total. The summed E-state index contributed by atoms with van der Waals surface area (Å²) in [6.45, 7) is 0. The molecule has 34 heavy (non-hydrogen) atoms. The van der Waals surface area contributed by atoms with Gasteiger partial charge in [-0.2, -0.15) is 0 Å². The van der Waals surface area contributed by atoms with E-state index in [-0.39, 0.29) is 17.9 Å². The maximum atomic E-state index is 13.7. The Labute approximate surface area is 201 Å². The van der Waals surface area contributed by atoms with Gasteiger partial charge in [0.1, 0.15) is 5.75 Å². The highest BCUT2D eigenvalue weighted by Gasteiger charge is 2.41. The van der Waals surface area contributed by atoms with E-state index in [2.05, 4.69) is 35.7 Å². The molecule has 1 heterocycles. The van der Waals surface area contributed by atoms with Crippen LogP contribution in [0.3, 0.4) is 0 Å². The van der Waals surface area contributed by atoms with Crippen LogP contribution in [0.4, 0.5) is 5.69 Å². The average Bonchev–Trinajstić information content (AvgIpc) is 3.38. The fraction of sp³-hybridized carbons (Fsp3) is 0.367. The van der Waals surface area contributed by atoms with Crippen LogP contribution < -0.4 is 5.32 Å². The first-order valence-electron chi connectivity index (χ1n) is 12.7. The van der Waals surface area contributed by atoms with Crippen molar-refractivity contribution in [2.45, 2.75) is 56.5 Å². The summed E-state index contributed by atoms with van der Waals surface area (Å²) in [6, 6.07) is 18.4. The third-order valence-electron chi connectivity index (χ3n) is 8.33. The van der Waals surface area contributed by atoms with Gasteiger partial charge in [0.25, 0.3) is 5.91 Å². The van der Waals surface area contributed by atoms with E-state index in [1.165, 1.54) is 24.8 Å². The average molecular weight is 453 g/mol. The zero-order valence-corrected chi connectivity index (χ0v) is 19.7. The Hall–Kier alpha value is -3.27. The highest BCUT2D eigenvalue weighted by molar-refractivity contribution is 6.01. The lowest BCUT2D eigenvalue weighted by Crippen LogP contribution is -2.39. The van der Waals surface area contributed by atoms with Gasteiger partial charge in [0.2, 0.25) is 0 Å². The third-order valence-corrected chi connectivity index (χ3v) is 8.33. The number of carbonyl (C=O) groups is 1. The summed E-state index contributed by atoms with van der Waals surface area (Å²) < 4.78 is 0. The van der Waals surface area contributed by atoms with Gasteiger partial charge in [-0.1, -0.05) is 73.9 Å². The topological polar surface area (TPSA) is 52.6 Å². The van der Waals surface area contributed by atoms with Crippen molar-refractivity contribution >= 4 is 22.4 Å². The third kappa shape index (κ3) is 3.39. The largest absolute Gasteiger partial charge is 0.508 e. The molecule has 0 radical (unpaired) electrons. The molecular weight excluding hydrogens is 420 g/mol. The zero-order chi connectivity index (χ0) is 23.2. The monoisotopic (exact) mass is 452 g/mol. The fourth-order valence-corrected chi connectivity index (χ4v) is 6.52. The maximum Gasteiger partial charge on any atom is 0.255 e. The van der Waals surface area contributed by atoms with E-state index in [0.29, 0.717) is 17.7 Å². The SMILES string of the molecule is CN(C(=O)c1cccc2c1NC(c1c(O)ccc3ccccc13)C1CC=CC21)C1CCCCC1. The van der Waals surface area contributed by atoms with Crippen molar-refractivity contribution in [3.8, 4) is 5.75 Å². The van der Waals surface area contributed by atoms with Crippen molar-refractivity contribution in [2.75, 3.05) is 12.4 Å². The molecule has 3 atom stereocenters. The molecule has 0 spiro atoms. The lowest BCUT2D eigenvalue weighted by Gasteiger charge is -2.39. The van der Waals surface area contributed by atoms with Gasteiger partial charge in [-0.25, -0.2) is 0 Å². The van der Waals surface area contributed by atoms with Crippen molar-refractivity contribution in [3.05, 3.63) is 83.4 Å². The Morgan fingerprint density at radius 1 is 1.00 bits per heavy atom. The van der Waals surface area contributed by atoms with Crippen molar-refractivity contribution in [2.24, 2.45) is 5.92 Å². The Morgan fingerprint density at radius 2 is 1.82 bits per heavy atom. The number of nitrogens with zero attached hydrogens (tertiary/aromatic N) is 1. The summed E-state index contributed by atoms with van der Waals surface area (Å²) in [5, 5.41) is 17.0. The van der Waals surface area contributed by atoms with E-state index in [1.54, 1.807) is 6.07 Å². The van der Waals surface area contributed by atoms with Gasteiger partial charge in [-0.15, -0.1) is 0 Å². The summed E-state index contributed by atoms with van der Waals surface area (Å²) in [5.41, 5.74) is 3.80. The Bertz CT molecular complexity index is 1270. The second-order valence-corrected chi connectivity index (χ2v) is 10.2. The van der Waals surface area contributed by atoms with E-state index >= 15 is 0 Å². The van der Waals surface area contributed by atoms with Crippen LogP contribution in [0.2, 0.25) is 0 Å². The van der Waals surface area contributed by atoms with Crippen LogP contribution in [0.1, 0.15) is 72.0 Å². The van der Waals surface area contributed by atoms with Crippen LogP contribution in [0.15, 0.2) is 66.7 Å². The predicted molar refractivity (Wildman–Crippen MR) is 137 cm³/mol.